The van der Waals surface area contributed by atoms with Crippen LogP contribution in [0.25, 0.3) is 0 Å². The minimum absolute atomic E-state index is 0.104. The molecule has 9 nitrogen and oxygen atoms in total. The van der Waals surface area contributed by atoms with Gasteiger partial charge in [0.15, 0.2) is 0 Å². The van der Waals surface area contributed by atoms with E-state index in [1.165, 1.54) is 32.4 Å². The van der Waals surface area contributed by atoms with Crippen molar-refractivity contribution in [1.29, 1.82) is 5.26 Å². The summed E-state index contributed by atoms with van der Waals surface area (Å²) in [7, 11) is 2.43. The Balaban J connectivity index is 2.29. The van der Waals surface area contributed by atoms with Crippen LogP contribution >= 0.6 is 0 Å². The van der Waals surface area contributed by atoms with Gasteiger partial charge in [-0.3, -0.25) is 4.79 Å². The van der Waals surface area contributed by atoms with Crippen LogP contribution in [-0.4, -0.2) is 32.1 Å². The number of nitrogens with two attached hydrogens (primary N) is 1. The third kappa shape index (κ3) is 5.33. The highest BCUT2D eigenvalue weighted by Crippen LogP contribution is 2.20. The maximum absolute atomic E-state index is 12.3. The molecule has 0 aliphatic carbocycles. The van der Waals surface area contributed by atoms with Crippen molar-refractivity contribution in [3.8, 4) is 6.07 Å². The number of amides is 1. The summed E-state index contributed by atoms with van der Waals surface area (Å²) >= 11 is 0. The number of carbonyl (C=O) groups excluding carboxylic acids is 3. The Labute approximate surface area is 166 Å². The highest BCUT2D eigenvalue weighted by molar-refractivity contribution is 6.07. The van der Waals surface area contributed by atoms with E-state index in [4.69, 9.17) is 10.5 Å². The second-order valence-corrected chi connectivity index (χ2v) is 5.63. The summed E-state index contributed by atoms with van der Waals surface area (Å²) < 4.78 is 9.36. The van der Waals surface area contributed by atoms with Gasteiger partial charge in [-0.1, -0.05) is 0 Å². The van der Waals surface area contributed by atoms with Gasteiger partial charge < -0.3 is 25.8 Å². The van der Waals surface area contributed by atoms with Crippen molar-refractivity contribution in [3.63, 3.8) is 0 Å². The molecule has 0 radical (unpaired) electrons. The van der Waals surface area contributed by atoms with E-state index in [-0.39, 0.29) is 22.4 Å². The fourth-order valence-electron chi connectivity index (χ4n) is 2.26. The Hall–Kier alpha value is -4.32. The topological polar surface area (TPSA) is 144 Å². The smallest absolute Gasteiger partial charge is 0.339 e. The van der Waals surface area contributed by atoms with Gasteiger partial charge in [0.25, 0.3) is 5.91 Å². The summed E-state index contributed by atoms with van der Waals surface area (Å²) in [4.78, 5) is 36.0. The molecule has 0 unspecified atom stereocenters. The first-order valence-electron chi connectivity index (χ1n) is 8.24. The van der Waals surface area contributed by atoms with Crippen molar-refractivity contribution >= 4 is 34.9 Å². The minimum Gasteiger partial charge on any atom is -0.465 e. The normalized spacial score (nSPS) is 10.4. The number of nitriles is 1. The number of rotatable bonds is 6. The number of nitrogens with one attached hydrogen (secondary N) is 2. The first kappa shape index (κ1) is 21.0. The number of carbonyl (C=O) groups is 3. The number of hydrogen-bond donors (Lipinski definition) is 3. The number of esters is 2. The number of nitrogens with zero attached hydrogens (tertiary/aromatic N) is 1. The Morgan fingerprint density at radius 2 is 1.69 bits per heavy atom. The molecule has 0 saturated heterocycles. The zero-order valence-corrected chi connectivity index (χ0v) is 15.7. The number of hydrogen-bond acceptors (Lipinski definition) is 8. The molecule has 148 valence electrons. The van der Waals surface area contributed by atoms with Crippen LogP contribution < -0.4 is 16.4 Å². The second kappa shape index (κ2) is 9.57. The lowest BCUT2D eigenvalue weighted by Gasteiger charge is -2.10. The minimum atomic E-state index is -0.673. The van der Waals surface area contributed by atoms with E-state index in [1.807, 2.05) is 0 Å². The fourth-order valence-corrected chi connectivity index (χ4v) is 2.26. The van der Waals surface area contributed by atoms with Crippen molar-refractivity contribution in [2.24, 2.45) is 0 Å². The van der Waals surface area contributed by atoms with Gasteiger partial charge in [-0.05, 0) is 42.5 Å². The van der Waals surface area contributed by atoms with Crippen LogP contribution in [0.4, 0.5) is 17.1 Å². The predicted molar refractivity (Wildman–Crippen MR) is 106 cm³/mol. The summed E-state index contributed by atoms with van der Waals surface area (Å²) in [6, 6.07) is 12.3. The first-order chi connectivity index (χ1) is 13.9. The lowest BCUT2D eigenvalue weighted by atomic mass is 10.1. The van der Waals surface area contributed by atoms with Gasteiger partial charge in [-0.15, -0.1) is 0 Å². The van der Waals surface area contributed by atoms with E-state index in [1.54, 1.807) is 30.3 Å². The molecule has 0 atom stereocenters. The van der Waals surface area contributed by atoms with E-state index in [9.17, 15) is 19.6 Å². The maximum atomic E-state index is 12.3. The van der Waals surface area contributed by atoms with Crippen LogP contribution in [0, 0.1) is 11.3 Å². The SMILES string of the molecule is COC(=O)c1ccc(C(=O)OC)c(N/C=C(/C#N)C(=O)Nc2ccc(N)cc2)c1. The van der Waals surface area contributed by atoms with Crippen LogP contribution in [0.15, 0.2) is 54.2 Å². The molecule has 2 rings (SSSR count). The monoisotopic (exact) mass is 394 g/mol. The average molecular weight is 394 g/mol. The summed E-state index contributed by atoms with van der Waals surface area (Å²) in [5, 5.41) is 14.6. The molecule has 0 heterocycles. The average Bonchev–Trinajstić information content (AvgIpc) is 2.74. The predicted octanol–water partition coefficient (Wildman–Crippen LogP) is 2.30. The standard InChI is InChI=1S/C20H18N4O5/c1-28-19(26)12-3-8-16(20(27)29-2)17(9-12)23-11-13(10-21)18(25)24-15-6-4-14(22)5-7-15/h3-9,11,23H,22H2,1-2H3,(H,24,25)/b13-11-. The second-order valence-electron chi connectivity index (χ2n) is 5.63. The molecule has 4 N–H and O–H groups in total. The van der Waals surface area contributed by atoms with E-state index >= 15 is 0 Å². The Morgan fingerprint density at radius 3 is 2.28 bits per heavy atom. The first-order valence-corrected chi connectivity index (χ1v) is 8.24. The highest BCUT2D eigenvalue weighted by atomic mass is 16.5. The van der Waals surface area contributed by atoms with Crippen molar-refractivity contribution in [3.05, 3.63) is 65.4 Å². The molecule has 0 fully saturated rings. The number of methoxy groups -OCH3 is 2. The van der Waals surface area contributed by atoms with Crippen LogP contribution in [0.2, 0.25) is 0 Å². The number of benzene rings is 2. The van der Waals surface area contributed by atoms with Crippen molar-refractivity contribution < 1.29 is 23.9 Å². The van der Waals surface area contributed by atoms with Crippen LogP contribution in [-0.2, 0) is 14.3 Å². The number of nitrogen functional groups attached to an aromatic ring is 1. The summed E-state index contributed by atoms with van der Waals surface area (Å²) in [6.07, 6.45) is 1.12. The molecule has 1 amide bonds. The third-order valence-electron chi connectivity index (χ3n) is 3.75. The molecule has 0 saturated carbocycles. The van der Waals surface area contributed by atoms with Crippen LogP contribution in [0.5, 0.6) is 0 Å². The van der Waals surface area contributed by atoms with Crippen LogP contribution in [0.1, 0.15) is 20.7 Å². The maximum Gasteiger partial charge on any atom is 0.339 e. The third-order valence-corrected chi connectivity index (χ3v) is 3.75. The lowest BCUT2D eigenvalue weighted by Crippen LogP contribution is -2.15. The van der Waals surface area contributed by atoms with Gasteiger partial charge in [0.1, 0.15) is 11.6 Å². The molecule has 2 aromatic rings. The summed E-state index contributed by atoms with van der Waals surface area (Å²) in [5.74, 6) is -1.95. The van der Waals surface area contributed by atoms with Crippen LogP contribution in [0.3, 0.4) is 0 Å². The van der Waals surface area contributed by atoms with E-state index in [2.05, 4.69) is 15.4 Å². The van der Waals surface area contributed by atoms with Gasteiger partial charge in [-0.25, -0.2) is 9.59 Å². The quantitative estimate of drug-likeness (QED) is 0.293. The zero-order valence-electron chi connectivity index (χ0n) is 15.7. The number of ether oxygens (including phenoxy) is 2. The molecule has 0 bridgehead atoms. The zero-order chi connectivity index (χ0) is 21.4. The summed E-state index contributed by atoms with van der Waals surface area (Å²) in [6.45, 7) is 0. The van der Waals surface area contributed by atoms with Crippen molar-refractivity contribution in [1.82, 2.24) is 0 Å². The highest BCUT2D eigenvalue weighted by Gasteiger charge is 2.16. The molecule has 0 aliphatic heterocycles. The van der Waals surface area contributed by atoms with Crippen molar-refractivity contribution in [2.45, 2.75) is 0 Å². The van der Waals surface area contributed by atoms with E-state index in [0.29, 0.717) is 11.4 Å². The number of anilines is 3. The largest absolute Gasteiger partial charge is 0.465 e. The summed E-state index contributed by atoms with van der Waals surface area (Å²) in [5.41, 5.74) is 6.74. The van der Waals surface area contributed by atoms with Gasteiger partial charge in [-0.2, -0.15) is 5.26 Å². The Bertz CT molecular complexity index is 1010. The van der Waals surface area contributed by atoms with E-state index in [0.717, 1.165) is 6.20 Å². The Morgan fingerprint density at radius 1 is 1.03 bits per heavy atom. The lowest BCUT2D eigenvalue weighted by molar-refractivity contribution is -0.112. The van der Waals surface area contributed by atoms with E-state index < -0.39 is 17.8 Å². The molecule has 2 aromatic carbocycles. The Kier molecular flexibility index (Phi) is 6.92. The molecule has 9 heteroatoms. The van der Waals surface area contributed by atoms with Crippen molar-refractivity contribution in [2.75, 3.05) is 30.6 Å². The fraction of sp³-hybridized carbons (Fsp3) is 0.100. The van der Waals surface area contributed by atoms with Gasteiger partial charge in [0, 0.05) is 17.6 Å². The van der Waals surface area contributed by atoms with Gasteiger partial charge >= 0.3 is 11.9 Å². The molecule has 29 heavy (non-hydrogen) atoms. The van der Waals surface area contributed by atoms with Gasteiger partial charge in [0.2, 0.25) is 0 Å². The molecule has 0 aromatic heterocycles. The molecule has 0 spiro atoms. The molecular formula is C20H18N4O5. The van der Waals surface area contributed by atoms with Gasteiger partial charge in [0.05, 0.1) is 31.0 Å². The molecule has 0 aliphatic rings. The molecular weight excluding hydrogens is 376 g/mol.